The van der Waals surface area contributed by atoms with Crippen molar-refractivity contribution in [3.8, 4) is 16.9 Å². The molecule has 96 valence electrons. The molecule has 0 saturated heterocycles. The Kier molecular flexibility index (Phi) is 3.11. The standard InChI is InChI=1S/C12H8N2O5/c15-9-6-4-8(5-7-9)12-10(13(16)17)2-1-3-11(12)14(18)19/h1-7,15H. The van der Waals surface area contributed by atoms with Gasteiger partial charge in [0.2, 0.25) is 0 Å². The van der Waals surface area contributed by atoms with Gasteiger partial charge in [-0.2, -0.15) is 0 Å². The van der Waals surface area contributed by atoms with Crippen molar-refractivity contribution in [2.24, 2.45) is 0 Å². The van der Waals surface area contributed by atoms with Crippen LogP contribution in [0.5, 0.6) is 5.75 Å². The fourth-order valence-corrected chi connectivity index (χ4v) is 1.76. The Morgan fingerprint density at radius 1 is 0.842 bits per heavy atom. The SMILES string of the molecule is O=[N+]([O-])c1cccc([N+](=O)[O-])c1-c1ccc(O)cc1. The zero-order valence-electron chi connectivity index (χ0n) is 9.52. The number of aromatic hydroxyl groups is 1. The first-order valence-corrected chi connectivity index (χ1v) is 5.22. The Bertz CT molecular complexity index is 619. The van der Waals surface area contributed by atoms with Gasteiger partial charge in [-0.05, 0) is 23.8 Å². The van der Waals surface area contributed by atoms with Gasteiger partial charge >= 0.3 is 0 Å². The summed E-state index contributed by atoms with van der Waals surface area (Å²) < 4.78 is 0. The van der Waals surface area contributed by atoms with E-state index < -0.39 is 9.85 Å². The molecule has 0 aliphatic carbocycles. The number of phenols is 1. The Morgan fingerprint density at radius 2 is 1.32 bits per heavy atom. The van der Waals surface area contributed by atoms with Gasteiger partial charge in [-0.25, -0.2) is 0 Å². The van der Waals surface area contributed by atoms with Crippen molar-refractivity contribution in [3.05, 3.63) is 62.7 Å². The lowest BCUT2D eigenvalue weighted by Crippen LogP contribution is -1.97. The topological polar surface area (TPSA) is 107 Å². The van der Waals surface area contributed by atoms with Crippen molar-refractivity contribution in [2.45, 2.75) is 0 Å². The van der Waals surface area contributed by atoms with Crippen LogP contribution < -0.4 is 0 Å². The molecule has 7 nitrogen and oxygen atoms in total. The lowest BCUT2D eigenvalue weighted by Gasteiger charge is -2.04. The maximum absolute atomic E-state index is 11.0. The minimum atomic E-state index is -0.671. The van der Waals surface area contributed by atoms with Gasteiger partial charge in [-0.3, -0.25) is 20.2 Å². The first-order valence-electron chi connectivity index (χ1n) is 5.22. The highest BCUT2D eigenvalue weighted by atomic mass is 16.6. The summed E-state index contributed by atoms with van der Waals surface area (Å²) in [5.74, 6) is -0.0232. The van der Waals surface area contributed by atoms with Crippen LogP contribution in [-0.4, -0.2) is 15.0 Å². The fourth-order valence-electron chi connectivity index (χ4n) is 1.76. The molecule has 0 heterocycles. The minimum Gasteiger partial charge on any atom is -0.508 e. The fraction of sp³-hybridized carbons (Fsp3) is 0. The van der Waals surface area contributed by atoms with Crippen molar-refractivity contribution < 1.29 is 15.0 Å². The molecule has 0 aromatic heterocycles. The second-order valence-corrected chi connectivity index (χ2v) is 3.73. The first kappa shape index (κ1) is 12.5. The molecule has 0 fully saturated rings. The number of hydrogen-bond donors (Lipinski definition) is 1. The molecule has 0 amide bonds. The van der Waals surface area contributed by atoms with Crippen LogP contribution in [0.3, 0.4) is 0 Å². The normalized spacial score (nSPS) is 10.1. The molecule has 0 spiro atoms. The molecule has 0 unspecified atom stereocenters. The number of nitrogens with zero attached hydrogens (tertiary/aromatic N) is 2. The van der Waals surface area contributed by atoms with Crippen molar-refractivity contribution in [1.29, 1.82) is 0 Å². The number of hydrogen-bond acceptors (Lipinski definition) is 5. The summed E-state index contributed by atoms with van der Waals surface area (Å²) in [6.07, 6.45) is 0. The van der Waals surface area contributed by atoms with Gasteiger partial charge in [0.1, 0.15) is 11.3 Å². The Balaban J connectivity index is 2.74. The van der Waals surface area contributed by atoms with Crippen LogP contribution in [0.15, 0.2) is 42.5 Å². The molecule has 2 aromatic carbocycles. The van der Waals surface area contributed by atoms with E-state index in [0.29, 0.717) is 5.56 Å². The molecular formula is C12H8N2O5. The van der Waals surface area contributed by atoms with Gasteiger partial charge in [-0.15, -0.1) is 0 Å². The molecule has 0 radical (unpaired) electrons. The Morgan fingerprint density at radius 3 is 1.74 bits per heavy atom. The highest BCUT2D eigenvalue weighted by molar-refractivity contribution is 5.82. The maximum Gasteiger partial charge on any atom is 0.284 e. The summed E-state index contributed by atoms with van der Waals surface area (Å²) in [5, 5.41) is 31.1. The largest absolute Gasteiger partial charge is 0.508 e. The van der Waals surface area contributed by atoms with E-state index in [0.717, 1.165) is 0 Å². The van der Waals surface area contributed by atoms with Gasteiger partial charge < -0.3 is 5.11 Å². The van der Waals surface area contributed by atoms with E-state index in [1.807, 2.05) is 0 Å². The van der Waals surface area contributed by atoms with E-state index in [1.54, 1.807) is 0 Å². The summed E-state index contributed by atoms with van der Waals surface area (Å²) in [5.41, 5.74) is -0.464. The average molecular weight is 260 g/mol. The van der Waals surface area contributed by atoms with E-state index >= 15 is 0 Å². The first-order chi connectivity index (χ1) is 9.00. The summed E-state index contributed by atoms with van der Waals surface area (Å²) in [6.45, 7) is 0. The predicted molar refractivity (Wildman–Crippen MR) is 66.9 cm³/mol. The number of nitro groups is 2. The molecule has 0 aliphatic heterocycles. The number of nitro benzene ring substituents is 2. The third kappa shape index (κ3) is 2.34. The van der Waals surface area contributed by atoms with Crippen molar-refractivity contribution in [1.82, 2.24) is 0 Å². The van der Waals surface area contributed by atoms with E-state index in [4.69, 9.17) is 0 Å². The highest BCUT2D eigenvalue weighted by Gasteiger charge is 2.25. The van der Waals surface area contributed by atoms with Crippen LogP contribution in [0.1, 0.15) is 0 Å². The van der Waals surface area contributed by atoms with Crippen molar-refractivity contribution in [3.63, 3.8) is 0 Å². The van der Waals surface area contributed by atoms with E-state index in [2.05, 4.69) is 0 Å². The molecule has 0 bridgehead atoms. The van der Waals surface area contributed by atoms with Crippen molar-refractivity contribution >= 4 is 11.4 Å². The third-order valence-electron chi connectivity index (χ3n) is 2.57. The van der Waals surface area contributed by atoms with Crippen LogP contribution in [0, 0.1) is 20.2 Å². The molecule has 0 atom stereocenters. The van der Waals surface area contributed by atoms with Crippen LogP contribution in [0.4, 0.5) is 11.4 Å². The quantitative estimate of drug-likeness (QED) is 0.674. The molecule has 19 heavy (non-hydrogen) atoms. The monoisotopic (exact) mass is 260 g/mol. The number of phenolic OH excluding ortho intramolecular Hbond substituents is 1. The van der Waals surface area contributed by atoms with Gasteiger partial charge in [-0.1, -0.05) is 12.1 Å². The molecule has 0 aliphatic rings. The number of rotatable bonds is 3. The zero-order chi connectivity index (χ0) is 14.0. The van der Waals surface area contributed by atoms with Crippen LogP contribution >= 0.6 is 0 Å². The lowest BCUT2D eigenvalue weighted by atomic mass is 10.0. The second-order valence-electron chi connectivity index (χ2n) is 3.73. The molecule has 7 heteroatoms. The molecule has 2 rings (SSSR count). The van der Waals surface area contributed by atoms with Crippen molar-refractivity contribution in [2.75, 3.05) is 0 Å². The molecular weight excluding hydrogens is 252 g/mol. The van der Waals surface area contributed by atoms with Gasteiger partial charge in [0.15, 0.2) is 0 Å². The Labute approximate surface area is 107 Å². The summed E-state index contributed by atoms with van der Waals surface area (Å²) >= 11 is 0. The van der Waals surface area contributed by atoms with E-state index in [-0.39, 0.29) is 22.7 Å². The highest BCUT2D eigenvalue weighted by Crippen LogP contribution is 2.38. The molecule has 0 saturated carbocycles. The smallest absolute Gasteiger partial charge is 0.284 e. The second kappa shape index (κ2) is 4.73. The number of benzene rings is 2. The van der Waals surface area contributed by atoms with Crippen LogP contribution in [-0.2, 0) is 0 Å². The zero-order valence-corrected chi connectivity index (χ0v) is 9.52. The minimum absolute atomic E-state index is 0.0232. The van der Waals surface area contributed by atoms with Gasteiger partial charge in [0, 0.05) is 12.1 Å². The van der Waals surface area contributed by atoms with Crippen LogP contribution in [0.2, 0.25) is 0 Å². The van der Waals surface area contributed by atoms with E-state index in [1.165, 1.54) is 42.5 Å². The summed E-state index contributed by atoms with van der Waals surface area (Å²) in [6, 6.07) is 9.09. The average Bonchev–Trinajstić information content (AvgIpc) is 2.38. The molecule has 1 N–H and O–H groups in total. The van der Waals surface area contributed by atoms with Gasteiger partial charge in [0.25, 0.3) is 11.4 Å². The third-order valence-corrected chi connectivity index (χ3v) is 2.57. The maximum atomic E-state index is 11.0. The van der Waals surface area contributed by atoms with Crippen LogP contribution in [0.25, 0.3) is 11.1 Å². The predicted octanol–water partition coefficient (Wildman–Crippen LogP) is 2.88. The van der Waals surface area contributed by atoms with E-state index in [9.17, 15) is 25.3 Å². The summed E-state index contributed by atoms with van der Waals surface area (Å²) in [4.78, 5) is 20.6. The summed E-state index contributed by atoms with van der Waals surface area (Å²) in [7, 11) is 0. The Hall–Kier alpha value is -2.96. The molecule has 2 aromatic rings. The van der Waals surface area contributed by atoms with Gasteiger partial charge in [0.05, 0.1) is 9.85 Å². The lowest BCUT2D eigenvalue weighted by molar-refractivity contribution is -0.392.